The van der Waals surface area contributed by atoms with Crippen LogP contribution in [0.4, 0.5) is 32.1 Å². The summed E-state index contributed by atoms with van der Waals surface area (Å²) < 4.78 is 32.0. The van der Waals surface area contributed by atoms with Gasteiger partial charge in [-0.3, -0.25) is 48.4 Å². The van der Waals surface area contributed by atoms with Crippen LogP contribution in [0, 0.1) is 32.5 Å². The maximum absolute atomic E-state index is 14.0. The van der Waals surface area contributed by atoms with E-state index in [1.165, 1.54) is 22.8 Å². The number of hydrogen-bond acceptors (Lipinski definition) is 22. The summed E-state index contributed by atoms with van der Waals surface area (Å²) in [6.07, 6.45) is 15.4. The molecule has 1 aliphatic carbocycles. The molecule has 0 saturated heterocycles. The number of nitrogen functional groups attached to an aromatic ring is 4. The first-order valence-corrected chi connectivity index (χ1v) is 37.1. The van der Waals surface area contributed by atoms with E-state index >= 15 is 0 Å². The SMILES string of the molecule is Cc1cc(-c2nc(C(=O)NC3CC3)c(N)nc2-c2ccc(F)cc2)cc2cccnc12.Cc1ccc(CNC(=O)c2nc(-c3cc(Cl)c4ncccc4c3)c(-n3ccc(C)n3)nc2N)nc1.Cn1ccc(-c2nc(N)c(F)nc2-c2ccc3c(=O)[nH]ccc3c2)n1.Nc1nc(-n2ccccc2=O)c(-c2cc(Cl)c3ncccc3c2)nc1Cl. The average molecular weight is 1620 g/mol. The van der Waals surface area contributed by atoms with Crippen LogP contribution in [0.25, 0.3) is 123 Å². The second-order valence-electron chi connectivity index (χ2n) is 26.9. The normalized spacial score (nSPS) is 11.7. The van der Waals surface area contributed by atoms with Crippen LogP contribution in [-0.2, 0) is 13.6 Å². The number of nitrogens with zero attached hydrogens (tertiary/aromatic N) is 17. The number of carbonyl (C=O) groups excluding carboxylic acids is 2. The minimum absolute atomic E-state index is 0.00199. The molecule has 17 aromatic rings. The van der Waals surface area contributed by atoms with Gasteiger partial charge in [-0.05, 0) is 171 Å². The molecule has 5 aromatic carbocycles. The van der Waals surface area contributed by atoms with Gasteiger partial charge < -0.3 is 38.6 Å². The summed E-state index contributed by atoms with van der Waals surface area (Å²) in [5, 5.41) is 19.3. The number of fused-ring (bicyclic) bond motifs is 4. The zero-order valence-electron chi connectivity index (χ0n) is 62.3. The standard InChI is InChI=1S/C25H21ClN8O.C24H20FN5O.C18H11Cl2N5O.C17H13FN6O/c1-14-5-6-18(29-12-14)13-30-25(35)22-23(27)32-24(34-9-7-15(2)33-34)21(31-22)17-10-16-4-3-8-28-20(16)19(26)11-17;1-13-11-16(12-15-3-2-10-27-19(13)15)21-20(14-4-6-17(25)7-5-14)30-23(26)22(29-21)24(31)28-18-8-9-18;19-12-9-11(8-10-4-3-6-22-14(10)12)15-18(24-17(21)16(20)23-15)25-7-2-1-5-13(25)26;1-24-7-5-12(23-24)14-13(21-15(18)16(19)22-14)10-2-3-11-9(8-10)4-6-20-17(11)25/h3-12H,13H2,1-2H3,(H2,27,32)(H,30,35);2-7,10-12,18H,8-9H2,1H3,(H2,26,30)(H,28,31);1-9H,(H2,21,24);2-8H,1H3,(H2,19,22)(H,20,25). The highest BCUT2D eigenvalue weighted by molar-refractivity contribution is 6.36. The molecule has 1 saturated carbocycles. The van der Waals surface area contributed by atoms with Crippen LogP contribution >= 0.6 is 34.8 Å². The topological polar surface area (TPSA) is 407 Å². The number of H-pyrrole nitrogens is 1. The number of carbonyl (C=O) groups is 2. The third-order valence-corrected chi connectivity index (χ3v) is 19.3. The van der Waals surface area contributed by atoms with E-state index in [2.05, 4.69) is 85.6 Å². The van der Waals surface area contributed by atoms with Crippen LogP contribution in [-0.4, -0.2) is 107 Å². The van der Waals surface area contributed by atoms with E-state index < -0.39 is 11.9 Å². The highest BCUT2D eigenvalue weighted by Crippen LogP contribution is 2.38. The van der Waals surface area contributed by atoms with Crippen LogP contribution in [0.2, 0.25) is 15.2 Å². The predicted molar refractivity (Wildman–Crippen MR) is 447 cm³/mol. The molecule has 1 aliphatic rings. The lowest BCUT2D eigenvalue weighted by molar-refractivity contribution is 0.0938. The fraction of sp³-hybridized carbons (Fsp3) is 0.0952. The second-order valence-corrected chi connectivity index (χ2v) is 28.1. The number of anilines is 4. The first-order valence-electron chi connectivity index (χ1n) is 36.0. The molecule has 0 bridgehead atoms. The van der Waals surface area contributed by atoms with Gasteiger partial charge in [0.2, 0.25) is 0 Å². The van der Waals surface area contributed by atoms with Crippen LogP contribution in [0.1, 0.15) is 56.3 Å². The van der Waals surface area contributed by atoms with Crippen molar-refractivity contribution in [2.45, 2.75) is 46.2 Å². The van der Waals surface area contributed by atoms with Crippen LogP contribution in [0.15, 0.2) is 223 Å². The number of aromatic nitrogens is 18. The van der Waals surface area contributed by atoms with Crippen molar-refractivity contribution in [1.29, 1.82) is 0 Å². The Morgan fingerprint density at radius 2 is 1.12 bits per heavy atom. The fourth-order valence-electron chi connectivity index (χ4n) is 12.6. The van der Waals surface area contributed by atoms with Crippen LogP contribution < -0.4 is 44.7 Å². The molecule has 0 radical (unpaired) electrons. The number of aromatic amines is 1. The van der Waals surface area contributed by atoms with Gasteiger partial charge in [0.1, 0.15) is 34.3 Å². The number of aryl methyl sites for hydroxylation is 4. The number of nitrogens with one attached hydrogen (secondary N) is 3. The van der Waals surface area contributed by atoms with Crippen molar-refractivity contribution in [3.63, 3.8) is 0 Å². The van der Waals surface area contributed by atoms with Gasteiger partial charge in [0, 0.05) is 118 Å². The van der Waals surface area contributed by atoms with Gasteiger partial charge in [0.05, 0.1) is 55.9 Å². The molecule has 12 heterocycles. The number of amides is 2. The van der Waals surface area contributed by atoms with Gasteiger partial charge in [-0.25, -0.2) is 48.9 Å². The highest BCUT2D eigenvalue weighted by Gasteiger charge is 2.29. The van der Waals surface area contributed by atoms with Crippen molar-refractivity contribution in [1.82, 2.24) is 99.6 Å². The maximum atomic E-state index is 14.0. The lowest BCUT2D eigenvalue weighted by Gasteiger charge is -2.14. The van der Waals surface area contributed by atoms with Crippen LogP contribution in [0.5, 0.6) is 0 Å². The summed E-state index contributed by atoms with van der Waals surface area (Å²) >= 11 is 19.0. The Labute approximate surface area is 677 Å². The minimum atomic E-state index is -0.847. The van der Waals surface area contributed by atoms with Crippen molar-refractivity contribution >= 4 is 113 Å². The fourth-order valence-corrected chi connectivity index (χ4v) is 13.3. The van der Waals surface area contributed by atoms with Crippen LogP contribution in [0.3, 0.4) is 0 Å². The van der Waals surface area contributed by atoms with E-state index in [-0.39, 0.29) is 81.1 Å². The van der Waals surface area contributed by atoms with E-state index in [9.17, 15) is 28.0 Å². The first-order chi connectivity index (χ1) is 56.4. The summed E-state index contributed by atoms with van der Waals surface area (Å²) in [6, 6.07) is 47.6. The predicted octanol–water partition coefficient (Wildman–Crippen LogP) is 14.2. The Hall–Kier alpha value is -14.8. The molecular weight excluding hydrogens is 1550 g/mol. The van der Waals surface area contributed by atoms with E-state index in [4.69, 9.17) is 57.7 Å². The smallest absolute Gasteiger partial charge is 0.274 e. The van der Waals surface area contributed by atoms with E-state index in [1.54, 1.807) is 133 Å². The number of rotatable bonds is 13. The highest BCUT2D eigenvalue weighted by atomic mass is 35.5. The second kappa shape index (κ2) is 33.1. The zero-order chi connectivity index (χ0) is 81.9. The molecule has 2 amide bonds. The van der Waals surface area contributed by atoms with E-state index in [0.717, 1.165) is 56.9 Å². The lowest BCUT2D eigenvalue weighted by atomic mass is 9.99. The Morgan fingerprint density at radius 1 is 0.521 bits per heavy atom. The lowest BCUT2D eigenvalue weighted by Crippen LogP contribution is -2.28. The number of halogens is 5. The molecule has 11 N–H and O–H groups in total. The quantitative estimate of drug-likeness (QED) is 0.0563. The third-order valence-electron chi connectivity index (χ3n) is 18.5. The molecule has 0 atom stereocenters. The molecule has 33 heteroatoms. The molecule has 1 fully saturated rings. The molecule has 0 aliphatic heterocycles. The van der Waals surface area contributed by atoms with Gasteiger partial charge >= 0.3 is 0 Å². The van der Waals surface area contributed by atoms with Crippen molar-refractivity contribution in [3.8, 4) is 79.3 Å². The molecule has 0 spiro atoms. The number of nitrogens with two attached hydrogens (primary N) is 4. The van der Waals surface area contributed by atoms with Crippen molar-refractivity contribution in [3.05, 3.63) is 295 Å². The summed E-state index contributed by atoms with van der Waals surface area (Å²) in [5.74, 6) is -1.56. The van der Waals surface area contributed by atoms with Gasteiger partial charge in [0.25, 0.3) is 28.9 Å². The monoisotopic (exact) mass is 1620 g/mol. The largest absolute Gasteiger partial charge is 0.382 e. The molecule has 28 nitrogen and oxygen atoms in total. The molecule has 580 valence electrons. The number of hydrogen-bond donors (Lipinski definition) is 7. The first kappa shape index (κ1) is 77.6. The molecule has 18 rings (SSSR count). The summed E-state index contributed by atoms with van der Waals surface area (Å²) in [5.41, 5.74) is 35.5. The summed E-state index contributed by atoms with van der Waals surface area (Å²) in [6.45, 7) is 6.02. The van der Waals surface area contributed by atoms with Crippen molar-refractivity contribution in [2.24, 2.45) is 7.05 Å². The molecule has 12 aromatic heterocycles. The third kappa shape index (κ3) is 17.0. The Morgan fingerprint density at radius 3 is 1.76 bits per heavy atom. The van der Waals surface area contributed by atoms with Crippen molar-refractivity contribution < 1.29 is 18.4 Å². The van der Waals surface area contributed by atoms with Gasteiger partial charge in [-0.15, -0.1) is 0 Å². The van der Waals surface area contributed by atoms with Gasteiger partial charge in [-0.2, -0.15) is 14.6 Å². The zero-order valence-corrected chi connectivity index (χ0v) is 64.6. The number of pyridine rings is 6. The number of benzene rings is 5. The Bertz CT molecular complexity index is 6880. The Kier molecular flexibility index (Phi) is 22.0. The summed E-state index contributed by atoms with van der Waals surface area (Å²) in [4.78, 5) is 105. The van der Waals surface area contributed by atoms with Gasteiger partial charge in [0.15, 0.2) is 51.4 Å². The van der Waals surface area contributed by atoms with E-state index in [0.29, 0.717) is 105 Å². The molecule has 0 unspecified atom stereocenters. The molecular formula is C84H65Cl3F2N24O4. The maximum Gasteiger partial charge on any atom is 0.274 e. The van der Waals surface area contributed by atoms with E-state index in [1.807, 2.05) is 99.6 Å². The molecule has 117 heavy (non-hydrogen) atoms. The summed E-state index contributed by atoms with van der Waals surface area (Å²) in [7, 11) is 1.77. The average Bonchev–Trinajstić information content (AvgIpc) is 0.824. The Balaban J connectivity index is 0.000000123. The minimum Gasteiger partial charge on any atom is -0.382 e. The van der Waals surface area contributed by atoms with Gasteiger partial charge in [-0.1, -0.05) is 71.2 Å². The van der Waals surface area contributed by atoms with Crippen molar-refractivity contribution in [2.75, 3.05) is 22.9 Å².